The van der Waals surface area contributed by atoms with Crippen molar-refractivity contribution >= 4 is 23.3 Å². The highest BCUT2D eigenvalue weighted by molar-refractivity contribution is 6.32. The van der Waals surface area contributed by atoms with E-state index in [9.17, 15) is 22.8 Å². The Balaban J connectivity index is 2.41. The van der Waals surface area contributed by atoms with Crippen LogP contribution in [-0.2, 0) is 25.2 Å². The molecule has 140 valence electrons. The number of amides is 1. The van der Waals surface area contributed by atoms with E-state index in [2.05, 4.69) is 9.84 Å². The van der Waals surface area contributed by atoms with Crippen LogP contribution in [0.25, 0.3) is 0 Å². The first kappa shape index (κ1) is 19.5. The number of benzene rings is 1. The molecule has 1 amide bonds. The summed E-state index contributed by atoms with van der Waals surface area (Å²) in [5, 5.41) is 5.03. The first-order valence-corrected chi connectivity index (χ1v) is 7.69. The number of hydrogen-bond donors (Lipinski definition) is 0. The van der Waals surface area contributed by atoms with Gasteiger partial charge in [0, 0.05) is 0 Å². The van der Waals surface area contributed by atoms with E-state index in [1.165, 1.54) is 7.11 Å². The third-order valence-electron chi connectivity index (χ3n) is 3.61. The number of carbonyl (C=O) groups is 2. The second-order valence-corrected chi connectivity index (χ2v) is 5.33. The van der Waals surface area contributed by atoms with Crippen molar-refractivity contribution in [1.29, 1.82) is 0 Å². The predicted molar refractivity (Wildman–Crippen MR) is 87.3 cm³/mol. The van der Waals surface area contributed by atoms with Crippen LogP contribution in [0.4, 0.5) is 18.9 Å². The highest BCUT2D eigenvalue weighted by Gasteiger charge is 2.36. The number of alkyl halides is 3. The maximum Gasteiger partial charge on any atom is 0.416 e. The SMILES string of the molecule is CCO/C(C)=C1/C(=O)N(c2ccc(C(F)(F)F)cc2)N=C1CC(=O)OC. The van der Waals surface area contributed by atoms with Gasteiger partial charge < -0.3 is 9.47 Å². The molecule has 0 saturated heterocycles. The zero-order valence-electron chi connectivity index (χ0n) is 14.4. The zero-order chi connectivity index (χ0) is 19.5. The number of allylic oxidation sites excluding steroid dienone is 1. The number of ether oxygens (including phenoxy) is 2. The lowest BCUT2D eigenvalue weighted by atomic mass is 10.1. The smallest absolute Gasteiger partial charge is 0.416 e. The van der Waals surface area contributed by atoms with Crippen LogP contribution < -0.4 is 5.01 Å². The van der Waals surface area contributed by atoms with Gasteiger partial charge in [-0.05, 0) is 38.1 Å². The first-order valence-electron chi connectivity index (χ1n) is 7.69. The molecule has 1 aliphatic rings. The maximum absolute atomic E-state index is 12.7. The van der Waals surface area contributed by atoms with Crippen LogP contribution in [0.1, 0.15) is 25.8 Å². The summed E-state index contributed by atoms with van der Waals surface area (Å²) in [6.45, 7) is 3.59. The number of rotatable bonds is 5. The second kappa shape index (κ2) is 7.59. The number of hydrazone groups is 1. The second-order valence-electron chi connectivity index (χ2n) is 5.33. The molecular formula is C17H17F3N2O4. The lowest BCUT2D eigenvalue weighted by Crippen LogP contribution is -2.23. The molecule has 1 aromatic rings. The molecule has 0 aliphatic carbocycles. The van der Waals surface area contributed by atoms with Crippen molar-refractivity contribution in [3.63, 3.8) is 0 Å². The molecule has 0 unspecified atom stereocenters. The van der Waals surface area contributed by atoms with Gasteiger partial charge in [0.05, 0.1) is 37.1 Å². The van der Waals surface area contributed by atoms with Gasteiger partial charge in [-0.3, -0.25) is 9.59 Å². The van der Waals surface area contributed by atoms with Crippen molar-refractivity contribution in [3.8, 4) is 0 Å². The van der Waals surface area contributed by atoms with Crippen LogP contribution in [0.2, 0.25) is 0 Å². The Hall–Kier alpha value is -2.84. The molecule has 0 fully saturated rings. The van der Waals surface area contributed by atoms with E-state index in [1.807, 2.05) is 0 Å². The Bertz CT molecular complexity index is 767. The van der Waals surface area contributed by atoms with Gasteiger partial charge in [0.1, 0.15) is 11.3 Å². The lowest BCUT2D eigenvalue weighted by molar-refractivity contribution is -0.139. The summed E-state index contributed by atoms with van der Waals surface area (Å²) < 4.78 is 48.0. The fourth-order valence-corrected chi connectivity index (χ4v) is 2.39. The minimum absolute atomic E-state index is 0.0946. The van der Waals surface area contributed by atoms with E-state index < -0.39 is 23.6 Å². The average Bonchev–Trinajstić information content (AvgIpc) is 2.90. The molecule has 6 nitrogen and oxygen atoms in total. The van der Waals surface area contributed by atoms with E-state index >= 15 is 0 Å². The van der Waals surface area contributed by atoms with E-state index in [-0.39, 0.29) is 29.2 Å². The minimum atomic E-state index is -4.48. The minimum Gasteiger partial charge on any atom is -0.498 e. The molecule has 1 heterocycles. The Kier molecular flexibility index (Phi) is 5.69. The van der Waals surface area contributed by atoms with Crippen molar-refractivity contribution in [3.05, 3.63) is 41.2 Å². The number of carbonyl (C=O) groups excluding carboxylic acids is 2. The van der Waals surface area contributed by atoms with Crippen LogP contribution in [0, 0.1) is 0 Å². The number of halogens is 3. The quantitative estimate of drug-likeness (QED) is 0.453. The third-order valence-corrected chi connectivity index (χ3v) is 3.61. The van der Waals surface area contributed by atoms with E-state index in [0.29, 0.717) is 6.61 Å². The summed E-state index contributed by atoms with van der Waals surface area (Å²) in [5.74, 6) is -0.920. The van der Waals surface area contributed by atoms with Gasteiger partial charge in [0.15, 0.2) is 0 Å². The van der Waals surface area contributed by atoms with E-state index in [4.69, 9.17) is 4.74 Å². The monoisotopic (exact) mass is 370 g/mol. The van der Waals surface area contributed by atoms with Gasteiger partial charge in [0.2, 0.25) is 0 Å². The molecular weight excluding hydrogens is 353 g/mol. The summed E-state index contributed by atoms with van der Waals surface area (Å²) in [4.78, 5) is 24.3. The summed E-state index contributed by atoms with van der Waals surface area (Å²) >= 11 is 0. The van der Waals surface area contributed by atoms with Crippen molar-refractivity contribution in [2.75, 3.05) is 18.7 Å². The Morgan fingerprint density at radius 1 is 1.23 bits per heavy atom. The maximum atomic E-state index is 12.7. The molecule has 0 atom stereocenters. The average molecular weight is 370 g/mol. The molecule has 0 radical (unpaired) electrons. The molecule has 0 aromatic heterocycles. The standard InChI is InChI=1S/C17H17F3N2O4/c1-4-26-10(2)15-13(9-14(23)25-3)21-22(16(15)24)12-7-5-11(6-8-12)17(18,19)20/h5-8H,4,9H2,1-3H3/b15-10+. The van der Waals surface area contributed by atoms with Gasteiger partial charge in [0.25, 0.3) is 5.91 Å². The Morgan fingerprint density at radius 2 is 1.85 bits per heavy atom. The van der Waals surface area contributed by atoms with Gasteiger partial charge >= 0.3 is 12.1 Å². The third kappa shape index (κ3) is 4.04. The number of anilines is 1. The van der Waals surface area contributed by atoms with E-state index in [0.717, 1.165) is 29.3 Å². The van der Waals surface area contributed by atoms with Crippen molar-refractivity contribution in [1.82, 2.24) is 0 Å². The highest BCUT2D eigenvalue weighted by atomic mass is 19.4. The highest BCUT2D eigenvalue weighted by Crippen LogP contribution is 2.32. The largest absolute Gasteiger partial charge is 0.498 e. The fraction of sp³-hybridized carbons (Fsp3) is 0.353. The zero-order valence-corrected chi connectivity index (χ0v) is 14.4. The van der Waals surface area contributed by atoms with Gasteiger partial charge in [-0.25, -0.2) is 0 Å². The fourth-order valence-electron chi connectivity index (χ4n) is 2.39. The molecule has 2 rings (SSSR count). The van der Waals surface area contributed by atoms with Crippen LogP contribution in [0.15, 0.2) is 40.7 Å². The number of nitrogens with zero attached hydrogens (tertiary/aromatic N) is 2. The van der Waals surface area contributed by atoms with Gasteiger partial charge in [-0.15, -0.1) is 0 Å². The number of methoxy groups -OCH3 is 1. The summed E-state index contributed by atoms with van der Waals surface area (Å²) in [7, 11) is 1.20. The summed E-state index contributed by atoms with van der Waals surface area (Å²) in [6.07, 6.45) is -4.75. The molecule has 0 bridgehead atoms. The van der Waals surface area contributed by atoms with Gasteiger partial charge in [-0.1, -0.05) is 0 Å². The summed E-state index contributed by atoms with van der Waals surface area (Å²) in [6, 6.07) is 3.99. The van der Waals surface area contributed by atoms with Crippen molar-refractivity contribution in [2.24, 2.45) is 5.10 Å². The molecule has 1 aromatic carbocycles. The topological polar surface area (TPSA) is 68.2 Å². The van der Waals surface area contributed by atoms with Crippen LogP contribution >= 0.6 is 0 Å². The molecule has 0 N–H and O–H groups in total. The number of esters is 1. The Morgan fingerprint density at radius 3 is 2.35 bits per heavy atom. The molecule has 1 aliphatic heterocycles. The molecule has 26 heavy (non-hydrogen) atoms. The van der Waals surface area contributed by atoms with E-state index in [1.54, 1.807) is 13.8 Å². The molecule has 0 saturated carbocycles. The Labute approximate surface area is 147 Å². The van der Waals surface area contributed by atoms with Crippen molar-refractivity contribution < 1.29 is 32.2 Å². The number of hydrogen-bond acceptors (Lipinski definition) is 5. The first-order chi connectivity index (χ1) is 12.2. The summed E-state index contributed by atoms with van der Waals surface area (Å²) in [5.41, 5.74) is -0.470. The van der Waals surface area contributed by atoms with Crippen LogP contribution in [-0.4, -0.2) is 31.3 Å². The molecule has 9 heteroatoms. The van der Waals surface area contributed by atoms with Crippen LogP contribution in [0.5, 0.6) is 0 Å². The predicted octanol–water partition coefficient (Wildman–Crippen LogP) is 3.28. The van der Waals surface area contributed by atoms with Gasteiger partial charge in [-0.2, -0.15) is 23.3 Å². The van der Waals surface area contributed by atoms with Crippen molar-refractivity contribution in [2.45, 2.75) is 26.4 Å². The molecule has 0 spiro atoms. The normalized spacial score (nSPS) is 16.5. The lowest BCUT2D eigenvalue weighted by Gasteiger charge is -2.14. The van der Waals surface area contributed by atoms with Crippen LogP contribution in [0.3, 0.4) is 0 Å².